The van der Waals surface area contributed by atoms with Crippen LogP contribution in [0.5, 0.6) is 5.75 Å². The Morgan fingerprint density at radius 1 is 1.28 bits per heavy atom. The van der Waals surface area contributed by atoms with Crippen LogP contribution in [-0.4, -0.2) is 35.5 Å². The number of benzene rings is 1. The Labute approximate surface area is 145 Å². The maximum atomic E-state index is 12.9. The van der Waals surface area contributed by atoms with Crippen LogP contribution in [0.15, 0.2) is 35.1 Å². The van der Waals surface area contributed by atoms with Gasteiger partial charge in [0, 0.05) is 24.9 Å². The zero-order valence-electron chi connectivity index (χ0n) is 14.0. The van der Waals surface area contributed by atoms with Gasteiger partial charge in [-0.2, -0.15) is 0 Å². The van der Waals surface area contributed by atoms with Gasteiger partial charge < -0.3 is 14.1 Å². The van der Waals surface area contributed by atoms with E-state index in [2.05, 4.69) is 4.98 Å². The van der Waals surface area contributed by atoms with Crippen molar-refractivity contribution in [2.75, 3.05) is 19.7 Å². The van der Waals surface area contributed by atoms with E-state index < -0.39 is 0 Å². The Hall–Kier alpha value is -2.37. The molecule has 132 valence electrons. The fourth-order valence-corrected chi connectivity index (χ4v) is 3.33. The SMILES string of the molecule is O=C(c1ncoc1C1CC1)N1CCC[C@H](COc2ccc(F)cc2)C1. The lowest BCUT2D eigenvalue weighted by Crippen LogP contribution is -2.42. The van der Waals surface area contributed by atoms with E-state index in [9.17, 15) is 9.18 Å². The third kappa shape index (κ3) is 3.67. The Kier molecular flexibility index (Phi) is 4.42. The van der Waals surface area contributed by atoms with Crippen molar-refractivity contribution in [1.82, 2.24) is 9.88 Å². The second kappa shape index (κ2) is 6.86. The minimum absolute atomic E-state index is 0.0397. The smallest absolute Gasteiger partial charge is 0.276 e. The highest BCUT2D eigenvalue weighted by atomic mass is 19.1. The van der Waals surface area contributed by atoms with Crippen molar-refractivity contribution in [2.45, 2.75) is 31.6 Å². The number of likely N-dealkylation sites (tertiary alicyclic amines) is 1. The van der Waals surface area contributed by atoms with E-state index in [1.165, 1.54) is 18.5 Å². The van der Waals surface area contributed by atoms with Gasteiger partial charge in [-0.05, 0) is 49.9 Å². The van der Waals surface area contributed by atoms with Crippen molar-refractivity contribution in [3.8, 4) is 5.75 Å². The molecule has 2 fully saturated rings. The predicted molar refractivity (Wildman–Crippen MR) is 89.0 cm³/mol. The Morgan fingerprint density at radius 3 is 2.84 bits per heavy atom. The number of halogens is 1. The lowest BCUT2D eigenvalue weighted by Gasteiger charge is -2.32. The molecule has 1 atom stereocenters. The first kappa shape index (κ1) is 16.1. The van der Waals surface area contributed by atoms with Gasteiger partial charge in [0.1, 0.15) is 17.3 Å². The first-order valence-corrected chi connectivity index (χ1v) is 8.81. The molecule has 0 N–H and O–H groups in total. The maximum Gasteiger partial charge on any atom is 0.276 e. The largest absolute Gasteiger partial charge is 0.493 e. The average molecular weight is 344 g/mol. The minimum atomic E-state index is -0.277. The summed E-state index contributed by atoms with van der Waals surface area (Å²) in [5.41, 5.74) is 0.475. The van der Waals surface area contributed by atoms with E-state index in [4.69, 9.17) is 9.15 Å². The fraction of sp³-hybridized carbons (Fsp3) is 0.474. The summed E-state index contributed by atoms with van der Waals surface area (Å²) >= 11 is 0. The molecule has 2 aromatic rings. The summed E-state index contributed by atoms with van der Waals surface area (Å²) in [7, 11) is 0. The lowest BCUT2D eigenvalue weighted by molar-refractivity contribution is 0.0626. The van der Waals surface area contributed by atoms with Crippen LogP contribution in [0, 0.1) is 11.7 Å². The van der Waals surface area contributed by atoms with Crippen LogP contribution in [0.1, 0.15) is 47.8 Å². The van der Waals surface area contributed by atoms with Gasteiger partial charge in [0.05, 0.1) is 6.61 Å². The number of piperidine rings is 1. The molecule has 0 unspecified atom stereocenters. The molecule has 5 nitrogen and oxygen atoms in total. The summed E-state index contributed by atoms with van der Waals surface area (Å²) in [5, 5.41) is 0. The van der Waals surface area contributed by atoms with Gasteiger partial charge in [0.15, 0.2) is 12.1 Å². The zero-order chi connectivity index (χ0) is 17.2. The third-order valence-electron chi connectivity index (χ3n) is 4.85. The number of oxazole rings is 1. The first-order chi connectivity index (χ1) is 12.2. The second-order valence-electron chi connectivity index (χ2n) is 6.86. The van der Waals surface area contributed by atoms with Crippen LogP contribution in [0.4, 0.5) is 4.39 Å². The topological polar surface area (TPSA) is 55.6 Å². The average Bonchev–Trinajstić information content (AvgIpc) is 3.37. The molecule has 1 amide bonds. The normalized spacial score (nSPS) is 20.5. The molecule has 1 aromatic carbocycles. The van der Waals surface area contributed by atoms with Gasteiger partial charge in [-0.15, -0.1) is 0 Å². The molecule has 2 heterocycles. The predicted octanol–water partition coefficient (Wildman–Crippen LogP) is 3.62. The van der Waals surface area contributed by atoms with E-state index in [0.717, 1.165) is 38.0 Å². The van der Waals surface area contributed by atoms with Crippen molar-refractivity contribution < 1.29 is 18.3 Å². The number of aromatic nitrogens is 1. The van der Waals surface area contributed by atoms with Crippen molar-refractivity contribution in [1.29, 1.82) is 0 Å². The van der Waals surface area contributed by atoms with E-state index >= 15 is 0 Å². The van der Waals surface area contributed by atoms with Crippen LogP contribution in [0.3, 0.4) is 0 Å². The summed E-state index contributed by atoms with van der Waals surface area (Å²) in [6.07, 6.45) is 5.48. The summed E-state index contributed by atoms with van der Waals surface area (Å²) < 4.78 is 24.1. The van der Waals surface area contributed by atoms with E-state index in [0.29, 0.717) is 30.5 Å². The van der Waals surface area contributed by atoms with Crippen LogP contribution in [0.25, 0.3) is 0 Å². The molecule has 0 radical (unpaired) electrons. The number of carbonyl (C=O) groups is 1. The van der Waals surface area contributed by atoms with E-state index in [-0.39, 0.29) is 17.6 Å². The molecule has 1 aliphatic heterocycles. The highest BCUT2D eigenvalue weighted by Gasteiger charge is 2.35. The number of rotatable bonds is 5. The van der Waals surface area contributed by atoms with Gasteiger partial charge in [-0.1, -0.05) is 0 Å². The fourth-order valence-electron chi connectivity index (χ4n) is 3.33. The molecule has 1 saturated heterocycles. The van der Waals surface area contributed by atoms with Crippen LogP contribution >= 0.6 is 0 Å². The number of hydrogen-bond donors (Lipinski definition) is 0. The third-order valence-corrected chi connectivity index (χ3v) is 4.85. The summed E-state index contributed by atoms with van der Waals surface area (Å²) in [6, 6.07) is 6.02. The molecular weight excluding hydrogens is 323 g/mol. The number of ether oxygens (including phenoxy) is 1. The Morgan fingerprint density at radius 2 is 2.08 bits per heavy atom. The van der Waals surface area contributed by atoms with E-state index in [1.54, 1.807) is 12.1 Å². The standard InChI is InChI=1S/C19H21FN2O3/c20-15-5-7-16(8-6-15)24-11-13-2-1-9-22(10-13)19(23)17-18(14-3-4-14)25-12-21-17/h5-8,12-14H,1-4,9-11H2/t13-/m0/s1. The molecule has 1 aromatic heterocycles. The van der Waals surface area contributed by atoms with Gasteiger partial charge in [-0.25, -0.2) is 9.37 Å². The van der Waals surface area contributed by atoms with Crippen LogP contribution in [-0.2, 0) is 0 Å². The number of hydrogen-bond acceptors (Lipinski definition) is 4. The van der Waals surface area contributed by atoms with Crippen molar-refractivity contribution >= 4 is 5.91 Å². The number of nitrogens with zero attached hydrogens (tertiary/aromatic N) is 2. The molecule has 1 aliphatic carbocycles. The molecule has 6 heteroatoms. The zero-order valence-corrected chi connectivity index (χ0v) is 14.0. The summed E-state index contributed by atoms with van der Waals surface area (Å²) in [4.78, 5) is 18.8. The number of carbonyl (C=O) groups excluding carboxylic acids is 1. The molecule has 4 rings (SSSR count). The van der Waals surface area contributed by atoms with E-state index in [1.807, 2.05) is 4.90 Å². The van der Waals surface area contributed by atoms with Gasteiger partial charge in [-0.3, -0.25) is 4.79 Å². The Balaban J connectivity index is 1.36. The van der Waals surface area contributed by atoms with Gasteiger partial charge in [0.2, 0.25) is 0 Å². The molecule has 0 bridgehead atoms. The molecule has 0 spiro atoms. The highest BCUT2D eigenvalue weighted by molar-refractivity contribution is 5.93. The first-order valence-electron chi connectivity index (χ1n) is 8.81. The summed E-state index contributed by atoms with van der Waals surface area (Å²) in [6.45, 7) is 1.91. The molecule has 1 saturated carbocycles. The van der Waals surface area contributed by atoms with Crippen molar-refractivity contribution in [2.24, 2.45) is 5.92 Å². The minimum Gasteiger partial charge on any atom is -0.493 e. The quantitative estimate of drug-likeness (QED) is 0.831. The van der Waals surface area contributed by atoms with Crippen LogP contribution in [0.2, 0.25) is 0 Å². The monoisotopic (exact) mass is 344 g/mol. The van der Waals surface area contributed by atoms with Gasteiger partial charge >= 0.3 is 0 Å². The lowest BCUT2D eigenvalue weighted by atomic mass is 9.98. The van der Waals surface area contributed by atoms with Crippen LogP contribution < -0.4 is 4.74 Å². The van der Waals surface area contributed by atoms with Crippen molar-refractivity contribution in [3.05, 3.63) is 47.9 Å². The van der Waals surface area contributed by atoms with Crippen molar-refractivity contribution in [3.63, 3.8) is 0 Å². The maximum absolute atomic E-state index is 12.9. The molecular formula is C19H21FN2O3. The summed E-state index contributed by atoms with van der Waals surface area (Å²) in [5.74, 6) is 1.71. The van der Waals surface area contributed by atoms with Gasteiger partial charge in [0.25, 0.3) is 5.91 Å². The second-order valence-corrected chi connectivity index (χ2v) is 6.86. The molecule has 2 aliphatic rings. The highest BCUT2D eigenvalue weighted by Crippen LogP contribution is 2.41. The molecule has 25 heavy (non-hydrogen) atoms. The Bertz CT molecular complexity index is 739. The number of amides is 1.